The molecule has 0 fully saturated rings. The van der Waals surface area contributed by atoms with Gasteiger partial charge in [0.2, 0.25) is 15.7 Å². The van der Waals surface area contributed by atoms with Crippen LogP contribution in [0.5, 0.6) is 0 Å². The second kappa shape index (κ2) is 4.18. The molecule has 80 valence electrons. The van der Waals surface area contributed by atoms with E-state index in [1.807, 2.05) is 0 Å². The fraction of sp³-hybridized carbons (Fsp3) is 0.125. The summed E-state index contributed by atoms with van der Waals surface area (Å²) in [5.41, 5.74) is 0. The van der Waals surface area contributed by atoms with E-state index in [9.17, 15) is 13.2 Å². The van der Waals surface area contributed by atoms with Crippen molar-refractivity contribution in [1.29, 1.82) is 0 Å². The van der Waals surface area contributed by atoms with Crippen molar-refractivity contribution in [2.24, 2.45) is 0 Å². The average Bonchev–Trinajstić information content (AvgIpc) is 2.28. The minimum absolute atomic E-state index is 0.284. The number of sulfone groups is 1. The van der Waals surface area contributed by atoms with E-state index in [4.69, 9.17) is 0 Å². The van der Waals surface area contributed by atoms with Crippen molar-refractivity contribution in [3.63, 3.8) is 0 Å². The van der Waals surface area contributed by atoms with Crippen LogP contribution in [-0.4, -0.2) is 31.5 Å². The molecule has 0 atom stereocenters. The van der Waals surface area contributed by atoms with Crippen molar-refractivity contribution in [2.75, 3.05) is 7.11 Å². The fourth-order valence-corrected chi connectivity index (χ4v) is 1.41. The quantitative estimate of drug-likeness (QED) is 0.542. The van der Waals surface area contributed by atoms with E-state index in [0.29, 0.717) is 0 Å². The van der Waals surface area contributed by atoms with E-state index in [1.54, 1.807) is 0 Å². The molecule has 0 N–H and O–H groups in total. The summed E-state index contributed by atoms with van der Waals surface area (Å²) in [7, 11) is -2.50. The molecule has 1 aromatic rings. The van der Waals surface area contributed by atoms with Crippen LogP contribution in [0.3, 0.4) is 0 Å². The van der Waals surface area contributed by atoms with E-state index in [2.05, 4.69) is 21.3 Å². The molecule has 0 saturated heterocycles. The molecule has 0 saturated carbocycles. The third kappa shape index (κ3) is 2.38. The minimum Gasteiger partial charge on any atom is -0.463 e. The molecule has 6 nitrogen and oxygen atoms in total. The lowest BCUT2D eigenvalue weighted by atomic mass is 10.5. The van der Waals surface area contributed by atoms with Crippen LogP contribution in [0.1, 0.15) is 10.6 Å². The Morgan fingerprint density at radius 3 is 2.80 bits per heavy atom. The van der Waals surface area contributed by atoms with Gasteiger partial charge in [-0.25, -0.2) is 23.2 Å². The summed E-state index contributed by atoms with van der Waals surface area (Å²) in [5.74, 6) is -1.10. The van der Waals surface area contributed by atoms with Gasteiger partial charge >= 0.3 is 5.97 Å². The molecule has 1 rings (SSSR count). The highest BCUT2D eigenvalue weighted by atomic mass is 32.2. The molecule has 0 bridgehead atoms. The Labute approximate surface area is 86.5 Å². The first-order chi connectivity index (χ1) is 7.01. The number of ether oxygens (including phenoxy) is 1. The Morgan fingerprint density at radius 1 is 1.60 bits per heavy atom. The smallest absolute Gasteiger partial charge is 0.376 e. The van der Waals surface area contributed by atoms with Crippen LogP contribution in [0, 0.1) is 0 Å². The van der Waals surface area contributed by atoms with Crippen LogP contribution < -0.4 is 0 Å². The third-order valence-corrected chi connectivity index (χ3v) is 2.76. The first-order valence-electron chi connectivity index (χ1n) is 3.80. The summed E-state index contributed by atoms with van der Waals surface area (Å²) in [6.07, 6.45) is 1.16. The highest BCUT2D eigenvalue weighted by Crippen LogP contribution is 2.07. The molecule has 0 unspecified atom stereocenters. The second-order valence-corrected chi connectivity index (χ2v) is 4.26. The van der Waals surface area contributed by atoms with Gasteiger partial charge in [0.15, 0.2) is 5.03 Å². The van der Waals surface area contributed by atoms with Crippen molar-refractivity contribution in [2.45, 2.75) is 5.03 Å². The predicted octanol–water partition coefficient (Wildman–Crippen LogP) is 0.180. The van der Waals surface area contributed by atoms with Crippen LogP contribution in [0.4, 0.5) is 0 Å². The highest BCUT2D eigenvalue weighted by Gasteiger charge is 2.16. The zero-order valence-electron chi connectivity index (χ0n) is 7.87. The van der Waals surface area contributed by atoms with Crippen molar-refractivity contribution in [1.82, 2.24) is 9.97 Å². The largest absolute Gasteiger partial charge is 0.463 e. The van der Waals surface area contributed by atoms with Gasteiger partial charge in [0.25, 0.3) is 0 Å². The number of carbonyl (C=O) groups is 1. The highest BCUT2D eigenvalue weighted by molar-refractivity contribution is 7.94. The van der Waals surface area contributed by atoms with Crippen LogP contribution in [0.15, 0.2) is 29.3 Å². The normalized spacial score (nSPS) is 10.7. The summed E-state index contributed by atoms with van der Waals surface area (Å²) >= 11 is 0. The SMILES string of the molecule is C=CS(=O)(=O)c1ccnc(C(=O)OC)n1. The van der Waals surface area contributed by atoms with E-state index in [1.165, 1.54) is 6.07 Å². The monoisotopic (exact) mass is 228 g/mol. The van der Waals surface area contributed by atoms with Gasteiger partial charge in [0.05, 0.1) is 7.11 Å². The molecule has 1 aromatic heterocycles. The number of methoxy groups -OCH3 is 1. The summed E-state index contributed by atoms with van der Waals surface area (Å²) in [5, 5.41) is 0.462. The van der Waals surface area contributed by atoms with E-state index < -0.39 is 15.8 Å². The molecule has 0 amide bonds. The zero-order chi connectivity index (χ0) is 11.5. The molecular formula is C8H8N2O4S. The molecule has 1 heterocycles. The maximum atomic E-state index is 11.3. The van der Waals surface area contributed by atoms with Gasteiger partial charge < -0.3 is 4.74 Å². The molecule has 0 aliphatic rings. The van der Waals surface area contributed by atoms with Gasteiger partial charge in [-0.3, -0.25) is 0 Å². The van der Waals surface area contributed by atoms with Crippen LogP contribution in [0.2, 0.25) is 0 Å². The Hall–Kier alpha value is -1.76. The third-order valence-electron chi connectivity index (χ3n) is 1.51. The van der Waals surface area contributed by atoms with Gasteiger partial charge in [-0.05, 0) is 6.07 Å². The summed E-state index contributed by atoms with van der Waals surface area (Å²) in [6, 6.07) is 1.17. The average molecular weight is 228 g/mol. The maximum absolute atomic E-state index is 11.3. The number of carbonyl (C=O) groups excluding carboxylic acids is 1. The van der Waals surface area contributed by atoms with Crippen LogP contribution in [0.25, 0.3) is 0 Å². The standard InChI is InChI=1S/C8H8N2O4S/c1-3-15(12,13)6-4-5-9-7(10-6)8(11)14-2/h3-5H,1H2,2H3. The molecule has 0 aliphatic heterocycles. The summed E-state index contributed by atoms with van der Waals surface area (Å²) in [4.78, 5) is 18.1. The molecule has 7 heteroatoms. The lowest BCUT2D eigenvalue weighted by Crippen LogP contribution is -2.10. The molecule has 0 aromatic carbocycles. The van der Waals surface area contributed by atoms with Crippen molar-refractivity contribution >= 4 is 15.8 Å². The van der Waals surface area contributed by atoms with Gasteiger partial charge in [0.1, 0.15) is 0 Å². The molecule has 0 spiro atoms. The number of aromatic nitrogens is 2. The molecule has 0 aliphatic carbocycles. The number of hydrogen-bond donors (Lipinski definition) is 0. The number of rotatable bonds is 3. The molecule has 15 heavy (non-hydrogen) atoms. The van der Waals surface area contributed by atoms with Gasteiger partial charge in [-0.15, -0.1) is 0 Å². The van der Waals surface area contributed by atoms with E-state index in [0.717, 1.165) is 18.7 Å². The lowest BCUT2D eigenvalue weighted by molar-refractivity contribution is 0.0585. The molecule has 0 radical (unpaired) electrons. The second-order valence-electron chi connectivity index (χ2n) is 2.42. The molecular weight excluding hydrogens is 220 g/mol. The predicted molar refractivity (Wildman–Crippen MR) is 50.8 cm³/mol. The summed E-state index contributed by atoms with van der Waals surface area (Å²) < 4.78 is 27.0. The van der Waals surface area contributed by atoms with Crippen molar-refractivity contribution in [3.8, 4) is 0 Å². The Balaban J connectivity index is 3.25. The number of hydrogen-bond acceptors (Lipinski definition) is 6. The van der Waals surface area contributed by atoms with Crippen LogP contribution >= 0.6 is 0 Å². The van der Waals surface area contributed by atoms with Gasteiger partial charge in [-0.2, -0.15) is 0 Å². The van der Waals surface area contributed by atoms with Crippen molar-refractivity contribution in [3.05, 3.63) is 30.1 Å². The van der Waals surface area contributed by atoms with Crippen molar-refractivity contribution < 1.29 is 17.9 Å². The lowest BCUT2D eigenvalue weighted by Gasteiger charge is -1.99. The topological polar surface area (TPSA) is 86.2 Å². The summed E-state index contributed by atoms with van der Waals surface area (Å²) in [6.45, 7) is 3.14. The van der Waals surface area contributed by atoms with Crippen LogP contribution in [-0.2, 0) is 14.6 Å². The Kier molecular flexibility index (Phi) is 3.15. The van der Waals surface area contributed by atoms with E-state index in [-0.39, 0.29) is 10.9 Å². The minimum atomic E-state index is -3.66. The van der Waals surface area contributed by atoms with Gasteiger partial charge in [-0.1, -0.05) is 6.58 Å². The first kappa shape index (κ1) is 11.3. The Morgan fingerprint density at radius 2 is 2.27 bits per heavy atom. The first-order valence-corrected chi connectivity index (χ1v) is 5.35. The Bertz CT molecular complexity index is 495. The number of esters is 1. The zero-order valence-corrected chi connectivity index (χ0v) is 8.69. The van der Waals surface area contributed by atoms with Gasteiger partial charge in [0, 0.05) is 11.6 Å². The number of nitrogens with zero attached hydrogens (tertiary/aromatic N) is 2. The van der Waals surface area contributed by atoms with E-state index >= 15 is 0 Å². The fourth-order valence-electron chi connectivity index (χ4n) is 0.776. The maximum Gasteiger partial charge on any atom is 0.376 e.